The monoisotopic (exact) mass is 677 g/mol. The average Bonchev–Trinajstić information content (AvgIpc) is 3.68. The summed E-state index contributed by atoms with van der Waals surface area (Å²) in [6.07, 6.45) is 16.7. The van der Waals surface area contributed by atoms with Gasteiger partial charge in [0.15, 0.2) is 5.39 Å². The van der Waals surface area contributed by atoms with Crippen molar-refractivity contribution in [3.8, 4) is 0 Å². The molecular formula is C33H58N5O2PZr+2. The molecule has 1 aromatic carbocycles. The minimum Gasteiger partial charge on any atom is -0.640 e. The van der Waals surface area contributed by atoms with E-state index in [4.69, 9.17) is 10.8 Å². The summed E-state index contributed by atoms with van der Waals surface area (Å²) in [7, 11) is -0.864. The van der Waals surface area contributed by atoms with Gasteiger partial charge >= 0.3 is 26.2 Å². The van der Waals surface area contributed by atoms with Crippen LogP contribution in [-0.2, 0) is 30.9 Å². The van der Waals surface area contributed by atoms with Crippen molar-refractivity contribution in [3.05, 3.63) is 53.0 Å². The van der Waals surface area contributed by atoms with Crippen molar-refractivity contribution in [2.24, 2.45) is 0 Å². The van der Waals surface area contributed by atoms with E-state index >= 15 is 0 Å². The van der Waals surface area contributed by atoms with Crippen LogP contribution in [0.2, 0.25) is 0 Å². The molecule has 0 unspecified atom stereocenters. The van der Waals surface area contributed by atoms with E-state index in [1.54, 1.807) is 13.1 Å². The van der Waals surface area contributed by atoms with E-state index in [-0.39, 0.29) is 32.8 Å². The van der Waals surface area contributed by atoms with Crippen LogP contribution in [0, 0.1) is 23.1 Å². The second kappa shape index (κ2) is 26.3. The minimum atomic E-state index is -0.864. The summed E-state index contributed by atoms with van der Waals surface area (Å²) in [6, 6.07) is 12.7. The van der Waals surface area contributed by atoms with Gasteiger partial charge in [-0.15, -0.1) is 35.9 Å². The van der Waals surface area contributed by atoms with Crippen LogP contribution < -0.4 is 5.11 Å². The summed E-state index contributed by atoms with van der Waals surface area (Å²) >= 11 is 0. The normalized spacial score (nSPS) is 14.6. The second-order valence-corrected chi connectivity index (χ2v) is 13.5. The van der Waals surface area contributed by atoms with E-state index in [1.807, 2.05) is 24.3 Å². The summed E-state index contributed by atoms with van der Waals surface area (Å²) in [5.41, 5.74) is 1.61. The van der Waals surface area contributed by atoms with Gasteiger partial charge in [0.1, 0.15) is 0 Å². The topological polar surface area (TPSA) is 90.8 Å². The number of nitrogens with one attached hydrogen (secondary N) is 1. The van der Waals surface area contributed by atoms with Crippen LogP contribution in [0.1, 0.15) is 132 Å². The summed E-state index contributed by atoms with van der Waals surface area (Å²) in [5.74, 6) is -0.755. The summed E-state index contributed by atoms with van der Waals surface area (Å²) < 4.78 is 9.28. The minimum absolute atomic E-state index is 0. The molecule has 0 spiro atoms. The van der Waals surface area contributed by atoms with Gasteiger partial charge in [0.2, 0.25) is 0 Å². The van der Waals surface area contributed by atoms with Gasteiger partial charge < -0.3 is 15.3 Å². The molecule has 9 heteroatoms. The molecule has 7 nitrogen and oxygen atoms in total. The van der Waals surface area contributed by atoms with Crippen molar-refractivity contribution in [2.45, 2.75) is 151 Å². The molecule has 0 aromatic heterocycles. The molecule has 1 N–H and O–H groups in total. The summed E-state index contributed by atoms with van der Waals surface area (Å²) in [6.45, 7) is 19.8. The third-order valence-corrected chi connectivity index (χ3v) is 10.00. The number of nitrogens with zero attached hydrogens (tertiary/aromatic N) is 4. The largest absolute Gasteiger partial charge is 4.00 e. The number of hydrogen-bond donors (Lipinski definition) is 1. The van der Waals surface area contributed by atoms with Crippen LogP contribution in [0.25, 0.3) is 4.98 Å². The summed E-state index contributed by atoms with van der Waals surface area (Å²) in [4.78, 5) is 2.33. The van der Waals surface area contributed by atoms with Gasteiger partial charge in [-0.3, -0.25) is 9.34 Å². The molecule has 0 heterocycles. The predicted octanol–water partition coefficient (Wildman–Crippen LogP) is 9.10. The van der Waals surface area contributed by atoms with Crippen molar-refractivity contribution in [1.82, 2.24) is 9.34 Å². The van der Waals surface area contributed by atoms with Crippen molar-refractivity contribution in [1.29, 1.82) is 10.8 Å². The molecule has 0 atom stereocenters. The number of diazo groups is 1. The first-order chi connectivity index (χ1) is 19.5. The maximum Gasteiger partial charge on any atom is 4.00 e. The fraction of sp³-hybridized carbons (Fsp3) is 0.727. The molecule has 2 fully saturated rings. The Morgan fingerprint density at radius 3 is 1.52 bits per heavy atom. The quantitative estimate of drug-likeness (QED) is 0.0877. The fourth-order valence-electron chi connectivity index (χ4n) is 5.04. The van der Waals surface area contributed by atoms with Gasteiger partial charge in [0.05, 0.1) is 6.20 Å². The molecule has 2 aliphatic carbocycles. The number of benzene rings is 1. The van der Waals surface area contributed by atoms with E-state index in [2.05, 4.69) is 80.5 Å². The maximum atomic E-state index is 10.1. The molecule has 0 aliphatic heterocycles. The summed E-state index contributed by atoms with van der Waals surface area (Å²) in [5, 5.41) is 26.7. The Bertz CT molecular complexity index is 806. The smallest absolute Gasteiger partial charge is 0.640 e. The van der Waals surface area contributed by atoms with Crippen LogP contribution >= 0.6 is 8.22 Å². The predicted molar refractivity (Wildman–Crippen MR) is 173 cm³/mol. The fourth-order valence-corrected chi connectivity index (χ4v) is 7.84. The Balaban J connectivity index is 0. The average molecular weight is 679 g/mol. The van der Waals surface area contributed by atoms with Crippen molar-refractivity contribution < 1.29 is 36.0 Å². The van der Waals surface area contributed by atoms with Crippen LogP contribution in [0.3, 0.4) is 0 Å². The first-order valence-corrected chi connectivity index (χ1v) is 16.9. The van der Waals surface area contributed by atoms with E-state index in [1.165, 1.54) is 64.2 Å². The number of hydrogen-bond acceptors (Lipinski definition) is 6. The molecule has 42 heavy (non-hydrogen) atoms. The van der Waals surface area contributed by atoms with E-state index < -0.39 is 14.2 Å². The number of ether oxygens (including phenoxy) is 1. The Morgan fingerprint density at radius 2 is 1.26 bits per heavy atom. The molecule has 0 saturated heterocycles. The van der Waals surface area contributed by atoms with Gasteiger partial charge in [-0.1, -0.05) is 76.1 Å². The Hall–Kier alpha value is -1.12. The zero-order chi connectivity index (χ0) is 31.2. The zero-order valence-electron chi connectivity index (χ0n) is 27.9. The van der Waals surface area contributed by atoms with Gasteiger partial charge in [0.25, 0.3) is 0 Å². The molecule has 234 valence electrons. The third-order valence-electron chi connectivity index (χ3n) is 6.63. The van der Waals surface area contributed by atoms with Crippen LogP contribution in [0.5, 0.6) is 0 Å². The van der Waals surface area contributed by atoms with Crippen LogP contribution in [0.15, 0.2) is 30.2 Å². The van der Waals surface area contributed by atoms with Crippen molar-refractivity contribution in [3.63, 3.8) is 0 Å². The SMILES string of the molecule is C1CCCC1.C1CCCC1.CC(C)N(C(C)C)P(C(=N)c1[c-]cccc1)N(C(C)C)C(C)C.CCOC([O-])=[C-][N+]#N.[Zr+4]. The van der Waals surface area contributed by atoms with Gasteiger partial charge in [-0.25, -0.2) is 0 Å². The third kappa shape index (κ3) is 18.5. The van der Waals surface area contributed by atoms with Crippen LogP contribution in [0.4, 0.5) is 0 Å². The molecule has 0 bridgehead atoms. The Labute approximate surface area is 279 Å². The van der Waals surface area contributed by atoms with Crippen LogP contribution in [-0.4, -0.2) is 45.6 Å². The Kier molecular flexibility index (Phi) is 26.9. The van der Waals surface area contributed by atoms with E-state index in [9.17, 15) is 5.11 Å². The Morgan fingerprint density at radius 1 is 0.881 bits per heavy atom. The maximum absolute atomic E-state index is 10.1. The van der Waals surface area contributed by atoms with E-state index in [0.717, 1.165) is 5.56 Å². The molecule has 0 amide bonds. The second-order valence-electron chi connectivity index (χ2n) is 11.5. The van der Waals surface area contributed by atoms with Crippen molar-refractivity contribution in [2.75, 3.05) is 6.61 Å². The van der Waals surface area contributed by atoms with Gasteiger partial charge in [0, 0.05) is 37.8 Å². The van der Waals surface area contributed by atoms with Gasteiger partial charge in [-0.05, 0) is 67.9 Å². The molecule has 2 saturated carbocycles. The zero-order valence-corrected chi connectivity index (χ0v) is 31.3. The molecule has 3 rings (SSSR count). The number of rotatable bonds is 10. The van der Waals surface area contributed by atoms with E-state index in [0.29, 0.717) is 29.6 Å². The molecular weight excluding hydrogens is 621 g/mol. The first kappa shape index (κ1) is 43.0. The van der Waals surface area contributed by atoms with Gasteiger partial charge in [-0.2, -0.15) is 0 Å². The molecule has 0 radical (unpaired) electrons. The molecule has 1 aromatic rings. The standard InChI is InChI=1S/C19H33N3P.2C5H10.C4H6N2O2.Zr/c1-14(2)21(15(3)4)23(22(16(5)6)17(7)8)19(20)18-12-10-9-11-13-18;2*1-2-4-5-3-1;1-2-8-4(7)3-6-5;/h9-12,14-17,20H,1-8H3;2*1-5H2;7H,2H2,1H3;/q-1;;;;+4/p-1. The van der Waals surface area contributed by atoms with Crippen molar-refractivity contribution >= 4 is 13.7 Å². The molecule has 2 aliphatic rings. The first-order valence-electron chi connectivity index (χ1n) is 15.7.